The summed E-state index contributed by atoms with van der Waals surface area (Å²) in [6, 6.07) is 23.3. The van der Waals surface area contributed by atoms with Gasteiger partial charge in [-0.25, -0.2) is 8.42 Å². The molecular formula is C33H39N3O6S. The van der Waals surface area contributed by atoms with Gasteiger partial charge in [-0.1, -0.05) is 60.7 Å². The minimum Gasteiger partial charge on any atom is -0.507 e. The van der Waals surface area contributed by atoms with E-state index in [4.69, 9.17) is 0 Å². The Morgan fingerprint density at radius 2 is 1.60 bits per heavy atom. The largest absolute Gasteiger partial charge is 0.507 e. The molecule has 1 atom stereocenters. The number of fused-ring (bicyclic) bond motifs is 1. The quantitative estimate of drug-likeness (QED) is 0.150. The van der Waals surface area contributed by atoms with Gasteiger partial charge in [0.15, 0.2) is 0 Å². The summed E-state index contributed by atoms with van der Waals surface area (Å²) in [5, 5.41) is 36.2. The Kier molecular flexibility index (Phi) is 9.64. The van der Waals surface area contributed by atoms with E-state index in [9.17, 15) is 28.5 Å². The number of carbonyl (C=O) groups is 1. The smallest absolute Gasteiger partial charge is 0.229 e. The molecule has 4 rings (SSSR count). The first-order valence-corrected chi connectivity index (χ1v) is 15.8. The van der Waals surface area contributed by atoms with Crippen LogP contribution in [0.5, 0.6) is 11.5 Å². The Morgan fingerprint density at radius 1 is 0.930 bits per heavy atom. The predicted molar refractivity (Wildman–Crippen MR) is 170 cm³/mol. The van der Waals surface area contributed by atoms with Crippen molar-refractivity contribution in [3.63, 3.8) is 0 Å². The Bertz CT molecular complexity index is 1720. The SMILES string of the molecule is CN(Cc1cccc2cccc(O)c12)C(=O)Cc1cccc(CC(C)(C)NC[C@H](O)c2ccc(O)c(NS(C)(=O)=O)c2)c1. The third-order valence-electron chi connectivity index (χ3n) is 7.27. The van der Waals surface area contributed by atoms with Gasteiger partial charge in [0.05, 0.1) is 24.5 Å². The molecule has 1 amide bonds. The third-order valence-corrected chi connectivity index (χ3v) is 7.86. The number of nitrogens with one attached hydrogen (secondary N) is 2. The van der Waals surface area contributed by atoms with Crippen LogP contribution in [0.3, 0.4) is 0 Å². The van der Waals surface area contributed by atoms with Crippen LogP contribution in [0.4, 0.5) is 5.69 Å². The first-order valence-electron chi connectivity index (χ1n) is 14.0. The lowest BCUT2D eigenvalue weighted by molar-refractivity contribution is -0.129. The number of likely N-dealkylation sites (N-methyl/N-ethyl adjacent to an activating group) is 1. The number of phenols is 2. The zero-order valence-electron chi connectivity index (χ0n) is 24.8. The molecule has 0 aliphatic carbocycles. The van der Waals surface area contributed by atoms with Gasteiger partial charge in [0.25, 0.3) is 0 Å². The lowest BCUT2D eigenvalue weighted by atomic mass is 9.93. The minimum atomic E-state index is -3.59. The van der Waals surface area contributed by atoms with Crippen LogP contribution < -0.4 is 10.0 Å². The first kappa shape index (κ1) is 31.8. The number of anilines is 1. The third kappa shape index (κ3) is 8.70. The van der Waals surface area contributed by atoms with Crippen molar-refractivity contribution in [3.05, 3.63) is 101 Å². The molecule has 0 spiro atoms. The van der Waals surface area contributed by atoms with Crippen LogP contribution >= 0.6 is 0 Å². The van der Waals surface area contributed by atoms with E-state index in [1.54, 1.807) is 30.1 Å². The van der Waals surface area contributed by atoms with Gasteiger partial charge in [-0.05, 0) is 66.1 Å². The Morgan fingerprint density at radius 3 is 2.33 bits per heavy atom. The number of benzene rings is 4. The maximum atomic E-state index is 13.1. The van der Waals surface area contributed by atoms with Crippen molar-refractivity contribution < 1.29 is 28.5 Å². The zero-order chi connectivity index (χ0) is 31.4. The van der Waals surface area contributed by atoms with Gasteiger partial charge in [-0.3, -0.25) is 9.52 Å². The number of β-amino-alcohol motifs (C(OH)–C–C–N with tert-alkyl or cyclic N) is 1. The highest BCUT2D eigenvalue weighted by Crippen LogP contribution is 2.30. The molecule has 10 heteroatoms. The van der Waals surface area contributed by atoms with E-state index in [2.05, 4.69) is 10.0 Å². The van der Waals surface area contributed by atoms with Gasteiger partial charge < -0.3 is 25.5 Å². The molecular weight excluding hydrogens is 566 g/mol. The van der Waals surface area contributed by atoms with Gasteiger partial charge in [0.2, 0.25) is 15.9 Å². The maximum Gasteiger partial charge on any atom is 0.229 e. The number of hydrogen-bond acceptors (Lipinski definition) is 7. The second-order valence-corrected chi connectivity index (χ2v) is 13.4. The number of aromatic hydroxyl groups is 2. The van der Waals surface area contributed by atoms with E-state index in [-0.39, 0.29) is 36.1 Å². The van der Waals surface area contributed by atoms with E-state index < -0.39 is 21.7 Å². The molecule has 0 radical (unpaired) electrons. The number of phenolic OH excluding ortho intramolecular Hbond substituents is 2. The molecule has 0 aliphatic rings. The Hall–Kier alpha value is -4.12. The van der Waals surface area contributed by atoms with Crippen molar-refractivity contribution in [2.45, 2.75) is 44.9 Å². The van der Waals surface area contributed by atoms with Crippen LogP contribution in [0.2, 0.25) is 0 Å². The molecule has 5 N–H and O–H groups in total. The number of carbonyl (C=O) groups excluding carboxylic acids is 1. The lowest BCUT2D eigenvalue weighted by Gasteiger charge is -2.28. The van der Waals surface area contributed by atoms with Gasteiger partial charge in [0, 0.05) is 31.1 Å². The molecule has 228 valence electrons. The molecule has 9 nitrogen and oxygen atoms in total. The highest BCUT2D eigenvalue weighted by atomic mass is 32.2. The molecule has 0 heterocycles. The minimum absolute atomic E-state index is 0.00517. The van der Waals surface area contributed by atoms with Gasteiger partial charge in [0.1, 0.15) is 11.5 Å². The van der Waals surface area contributed by atoms with E-state index in [0.717, 1.165) is 33.7 Å². The van der Waals surface area contributed by atoms with Crippen molar-refractivity contribution in [2.75, 3.05) is 24.6 Å². The first-order chi connectivity index (χ1) is 20.2. The number of nitrogens with zero attached hydrogens (tertiary/aromatic N) is 1. The molecule has 0 fully saturated rings. The van der Waals surface area contributed by atoms with Crippen LogP contribution in [0.25, 0.3) is 10.8 Å². The molecule has 0 aliphatic heterocycles. The number of aliphatic hydroxyl groups is 1. The molecule has 0 unspecified atom stereocenters. The van der Waals surface area contributed by atoms with Crippen molar-refractivity contribution >= 4 is 32.4 Å². The summed E-state index contributed by atoms with van der Waals surface area (Å²) in [7, 11) is -1.83. The lowest BCUT2D eigenvalue weighted by Crippen LogP contribution is -2.43. The van der Waals surface area contributed by atoms with Crippen LogP contribution in [0.15, 0.2) is 78.9 Å². The van der Waals surface area contributed by atoms with Crippen molar-refractivity contribution in [2.24, 2.45) is 0 Å². The van der Waals surface area contributed by atoms with E-state index in [1.165, 1.54) is 12.1 Å². The molecule has 43 heavy (non-hydrogen) atoms. The summed E-state index contributed by atoms with van der Waals surface area (Å²) in [5.41, 5.74) is 2.84. The fourth-order valence-electron chi connectivity index (χ4n) is 5.14. The number of aliphatic hydroxyl groups excluding tert-OH is 1. The fourth-order valence-corrected chi connectivity index (χ4v) is 5.70. The summed E-state index contributed by atoms with van der Waals surface area (Å²) in [4.78, 5) is 14.8. The number of rotatable bonds is 12. The molecule has 4 aromatic rings. The fraction of sp³-hybridized carbons (Fsp3) is 0.303. The summed E-state index contributed by atoms with van der Waals surface area (Å²) in [6.45, 7) is 4.60. The summed E-state index contributed by atoms with van der Waals surface area (Å²) >= 11 is 0. The monoisotopic (exact) mass is 605 g/mol. The second-order valence-electron chi connectivity index (χ2n) is 11.6. The van der Waals surface area contributed by atoms with E-state index in [1.807, 2.05) is 62.4 Å². The van der Waals surface area contributed by atoms with E-state index >= 15 is 0 Å². The van der Waals surface area contributed by atoms with Crippen LogP contribution in [0.1, 0.15) is 42.2 Å². The second kappa shape index (κ2) is 13.0. The maximum absolute atomic E-state index is 13.1. The Labute approximate surface area is 252 Å². The van der Waals surface area contributed by atoms with Crippen molar-refractivity contribution in [1.29, 1.82) is 0 Å². The van der Waals surface area contributed by atoms with Crippen LogP contribution in [-0.4, -0.2) is 59.9 Å². The summed E-state index contributed by atoms with van der Waals surface area (Å²) < 4.78 is 25.4. The number of hydrogen-bond donors (Lipinski definition) is 5. The van der Waals surface area contributed by atoms with Gasteiger partial charge in [-0.15, -0.1) is 0 Å². The number of sulfonamides is 1. The molecule has 4 aromatic carbocycles. The molecule has 0 saturated carbocycles. The zero-order valence-corrected chi connectivity index (χ0v) is 25.6. The standard InChI is InChI=1S/C33H39N3O6S/c1-33(2,34-20-30(39)25-14-15-28(37)27(18-25)35-43(4,41)42)19-23-9-5-8-22(16-23)17-31(40)36(3)21-26-12-6-10-24-11-7-13-29(38)32(24)26/h5-16,18,30,34-35,37-39H,17,19-21H2,1-4H3/t30-/m0/s1. The highest BCUT2D eigenvalue weighted by molar-refractivity contribution is 7.92. The average molecular weight is 606 g/mol. The number of amides is 1. The Balaban J connectivity index is 1.36. The van der Waals surface area contributed by atoms with Gasteiger partial charge in [-0.2, -0.15) is 0 Å². The predicted octanol–water partition coefficient (Wildman–Crippen LogP) is 4.47. The molecule has 0 bridgehead atoms. The highest BCUT2D eigenvalue weighted by Gasteiger charge is 2.21. The summed E-state index contributed by atoms with van der Waals surface area (Å²) in [6.07, 6.45) is 0.909. The van der Waals surface area contributed by atoms with E-state index in [0.29, 0.717) is 18.5 Å². The van der Waals surface area contributed by atoms with Crippen LogP contribution in [-0.2, 0) is 34.2 Å². The summed E-state index contributed by atoms with van der Waals surface area (Å²) in [5.74, 6) is -0.0713. The average Bonchev–Trinajstić information content (AvgIpc) is 2.92. The molecule has 0 saturated heterocycles. The molecule has 0 aromatic heterocycles. The topological polar surface area (TPSA) is 139 Å². The van der Waals surface area contributed by atoms with Crippen molar-refractivity contribution in [3.8, 4) is 11.5 Å². The van der Waals surface area contributed by atoms with Gasteiger partial charge >= 0.3 is 0 Å². The van der Waals surface area contributed by atoms with Crippen molar-refractivity contribution in [1.82, 2.24) is 10.2 Å². The normalized spacial score (nSPS) is 12.7. The van der Waals surface area contributed by atoms with Crippen LogP contribution in [0, 0.1) is 0 Å².